The van der Waals surface area contributed by atoms with E-state index in [1.165, 1.54) is 0 Å². The van der Waals surface area contributed by atoms with Gasteiger partial charge in [-0.25, -0.2) is 4.99 Å². The molecule has 0 unspecified atom stereocenters. The van der Waals surface area contributed by atoms with Gasteiger partial charge in [-0.05, 0) is 25.1 Å². The highest BCUT2D eigenvalue weighted by Crippen LogP contribution is 2.39. The highest BCUT2D eigenvalue weighted by molar-refractivity contribution is 6.41. The number of nitrogens with one attached hydrogen (secondary N) is 2. The molecule has 28 heavy (non-hydrogen) atoms. The predicted octanol–water partition coefficient (Wildman–Crippen LogP) is 3.61. The van der Waals surface area contributed by atoms with Gasteiger partial charge < -0.3 is 29.4 Å². The summed E-state index contributed by atoms with van der Waals surface area (Å²) in [5, 5.41) is 7.54. The molecule has 0 radical (unpaired) electrons. The molecule has 0 atom stereocenters. The van der Waals surface area contributed by atoms with Crippen molar-refractivity contribution in [2.45, 2.75) is 20.0 Å². The third-order valence-electron chi connectivity index (χ3n) is 4.19. The van der Waals surface area contributed by atoms with Crippen LogP contribution in [0.4, 0.5) is 0 Å². The van der Waals surface area contributed by atoms with Gasteiger partial charge in [0.05, 0.1) is 39.4 Å². The monoisotopic (exact) mass is 428 g/mol. The lowest BCUT2D eigenvalue weighted by molar-refractivity contribution is 0.322. The van der Waals surface area contributed by atoms with Crippen LogP contribution in [0.25, 0.3) is 0 Å². The number of nitrogens with zero attached hydrogens (tertiary/aromatic N) is 2. The van der Waals surface area contributed by atoms with Crippen molar-refractivity contribution in [3.8, 4) is 17.2 Å². The SMILES string of the molecule is CCNC(=NCc1ccc(OC)c(OC)c1OC)NCc1cc(Cl)c(Cl)n1C. The van der Waals surface area contributed by atoms with Crippen LogP contribution in [0.3, 0.4) is 0 Å². The van der Waals surface area contributed by atoms with E-state index < -0.39 is 0 Å². The lowest BCUT2D eigenvalue weighted by Gasteiger charge is -2.16. The number of benzene rings is 1. The number of methoxy groups -OCH3 is 3. The van der Waals surface area contributed by atoms with E-state index in [1.54, 1.807) is 21.3 Å². The molecule has 0 aliphatic carbocycles. The molecule has 0 amide bonds. The molecule has 0 aliphatic heterocycles. The van der Waals surface area contributed by atoms with Gasteiger partial charge in [0.25, 0.3) is 0 Å². The summed E-state index contributed by atoms with van der Waals surface area (Å²) < 4.78 is 18.1. The maximum absolute atomic E-state index is 6.12. The van der Waals surface area contributed by atoms with Crippen molar-refractivity contribution in [3.05, 3.63) is 39.6 Å². The van der Waals surface area contributed by atoms with E-state index in [4.69, 9.17) is 37.4 Å². The number of hydrogen-bond acceptors (Lipinski definition) is 4. The Morgan fingerprint density at radius 2 is 1.79 bits per heavy atom. The second-order valence-corrected chi connectivity index (χ2v) is 6.64. The van der Waals surface area contributed by atoms with Crippen molar-refractivity contribution in [2.75, 3.05) is 27.9 Å². The Kier molecular flexibility index (Phi) is 8.14. The van der Waals surface area contributed by atoms with Crippen molar-refractivity contribution in [1.29, 1.82) is 0 Å². The Morgan fingerprint density at radius 3 is 2.32 bits per heavy atom. The van der Waals surface area contributed by atoms with E-state index in [0.717, 1.165) is 17.8 Å². The van der Waals surface area contributed by atoms with Gasteiger partial charge in [0.1, 0.15) is 5.15 Å². The fourth-order valence-corrected chi connectivity index (χ4v) is 3.14. The van der Waals surface area contributed by atoms with Crippen molar-refractivity contribution in [3.63, 3.8) is 0 Å². The van der Waals surface area contributed by atoms with Crippen LogP contribution in [0.15, 0.2) is 23.2 Å². The van der Waals surface area contributed by atoms with Gasteiger partial charge in [0.15, 0.2) is 17.5 Å². The summed E-state index contributed by atoms with van der Waals surface area (Å²) in [5.74, 6) is 2.41. The lowest BCUT2D eigenvalue weighted by Crippen LogP contribution is -2.37. The van der Waals surface area contributed by atoms with Crippen LogP contribution >= 0.6 is 23.2 Å². The van der Waals surface area contributed by atoms with E-state index in [0.29, 0.717) is 46.5 Å². The number of aliphatic imine (C=N–C) groups is 1. The molecule has 1 aromatic carbocycles. The van der Waals surface area contributed by atoms with Gasteiger partial charge in [-0.1, -0.05) is 23.2 Å². The second-order valence-electron chi connectivity index (χ2n) is 5.88. The first-order valence-corrected chi connectivity index (χ1v) is 9.51. The molecule has 154 valence electrons. The van der Waals surface area contributed by atoms with Crippen molar-refractivity contribution < 1.29 is 14.2 Å². The van der Waals surface area contributed by atoms with E-state index in [-0.39, 0.29) is 0 Å². The zero-order chi connectivity index (χ0) is 20.7. The lowest BCUT2D eigenvalue weighted by atomic mass is 10.1. The highest BCUT2D eigenvalue weighted by Gasteiger charge is 2.16. The van der Waals surface area contributed by atoms with Gasteiger partial charge in [-0.3, -0.25) is 0 Å². The normalized spacial score (nSPS) is 11.3. The molecule has 2 N–H and O–H groups in total. The Hall–Kier alpha value is -2.25. The summed E-state index contributed by atoms with van der Waals surface area (Å²) in [4.78, 5) is 4.64. The number of aromatic nitrogens is 1. The van der Waals surface area contributed by atoms with Crippen molar-refractivity contribution in [1.82, 2.24) is 15.2 Å². The maximum atomic E-state index is 6.12. The zero-order valence-corrected chi connectivity index (χ0v) is 18.2. The first-order valence-electron chi connectivity index (χ1n) is 8.76. The number of ether oxygens (including phenoxy) is 3. The summed E-state index contributed by atoms with van der Waals surface area (Å²) in [7, 11) is 6.63. The molecule has 1 heterocycles. The predicted molar refractivity (Wildman–Crippen MR) is 113 cm³/mol. The molecule has 0 fully saturated rings. The minimum Gasteiger partial charge on any atom is -0.493 e. The Bertz CT molecular complexity index is 837. The smallest absolute Gasteiger partial charge is 0.203 e. The zero-order valence-electron chi connectivity index (χ0n) is 16.7. The highest BCUT2D eigenvalue weighted by atomic mass is 35.5. The number of rotatable bonds is 8. The van der Waals surface area contributed by atoms with E-state index in [2.05, 4.69) is 15.6 Å². The quantitative estimate of drug-likeness (QED) is 0.496. The summed E-state index contributed by atoms with van der Waals surface area (Å²) >= 11 is 12.2. The van der Waals surface area contributed by atoms with E-state index in [9.17, 15) is 0 Å². The van der Waals surface area contributed by atoms with Gasteiger partial charge in [0, 0.05) is 24.8 Å². The molecule has 9 heteroatoms. The number of halogens is 2. The molecule has 0 bridgehead atoms. The minimum atomic E-state index is 0.396. The van der Waals surface area contributed by atoms with Crippen LogP contribution in [0.2, 0.25) is 10.2 Å². The standard InChI is InChI=1S/C19H26Cl2N4O3/c1-6-22-19(24-11-13-9-14(20)18(21)25(13)2)23-10-12-7-8-15(26-3)17(28-5)16(12)27-4/h7-9H,6,10-11H2,1-5H3,(H2,22,23,24). The van der Waals surface area contributed by atoms with Crippen LogP contribution in [-0.4, -0.2) is 38.4 Å². The van der Waals surface area contributed by atoms with Crippen LogP contribution in [0, 0.1) is 0 Å². The Morgan fingerprint density at radius 1 is 1.07 bits per heavy atom. The maximum Gasteiger partial charge on any atom is 0.203 e. The molecule has 0 saturated carbocycles. The van der Waals surface area contributed by atoms with Crippen molar-refractivity contribution in [2.24, 2.45) is 12.0 Å². The van der Waals surface area contributed by atoms with Gasteiger partial charge >= 0.3 is 0 Å². The first-order chi connectivity index (χ1) is 13.5. The molecule has 0 spiro atoms. The summed E-state index contributed by atoms with van der Waals surface area (Å²) in [6, 6.07) is 5.57. The molecule has 7 nitrogen and oxygen atoms in total. The summed E-state index contributed by atoms with van der Waals surface area (Å²) in [5.41, 5.74) is 1.83. The van der Waals surface area contributed by atoms with Crippen LogP contribution in [0.5, 0.6) is 17.2 Å². The molecule has 0 aliphatic rings. The molecular weight excluding hydrogens is 403 g/mol. The van der Waals surface area contributed by atoms with Gasteiger partial charge in [-0.2, -0.15) is 0 Å². The van der Waals surface area contributed by atoms with E-state index >= 15 is 0 Å². The Balaban J connectivity index is 2.19. The fourth-order valence-electron chi connectivity index (χ4n) is 2.73. The third-order valence-corrected chi connectivity index (χ3v) is 5.03. The first kappa shape index (κ1) is 22.0. The average Bonchev–Trinajstić information content (AvgIpc) is 2.95. The number of hydrogen-bond donors (Lipinski definition) is 2. The van der Waals surface area contributed by atoms with Crippen LogP contribution < -0.4 is 24.8 Å². The fraction of sp³-hybridized carbons (Fsp3) is 0.421. The van der Waals surface area contributed by atoms with E-state index in [1.807, 2.05) is 36.7 Å². The second kappa shape index (κ2) is 10.3. The van der Waals surface area contributed by atoms with Crippen LogP contribution in [0.1, 0.15) is 18.2 Å². The largest absolute Gasteiger partial charge is 0.493 e. The van der Waals surface area contributed by atoms with Gasteiger partial charge in [-0.15, -0.1) is 0 Å². The molecular formula is C19H26Cl2N4O3. The summed E-state index contributed by atoms with van der Waals surface area (Å²) in [6.07, 6.45) is 0. The van der Waals surface area contributed by atoms with Crippen molar-refractivity contribution >= 4 is 29.2 Å². The molecule has 2 aromatic rings. The minimum absolute atomic E-state index is 0.396. The molecule has 0 saturated heterocycles. The third kappa shape index (κ3) is 4.97. The van der Waals surface area contributed by atoms with Gasteiger partial charge in [0.2, 0.25) is 5.75 Å². The van der Waals surface area contributed by atoms with Crippen LogP contribution in [-0.2, 0) is 20.1 Å². The molecule has 2 rings (SSSR count). The molecule has 1 aromatic heterocycles. The Labute approximate surface area is 175 Å². The number of guanidine groups is 1. The topological polar surface area (TPSA) is 69.0 Å². The summed E-state index contributed by atoms with van der Waals surface area (Å²) in [6.45, 7) is 3.65. The average molecular weight is 429 g/mol.